The molecule has 0 unspecified atom stereocenters. The van der Waals surface area contributed by atoms with E-state index in [1.165, 1.54) is 19.2 Å². The molecule has 0 fully saturated rings. The van der Waals surface area contributed by atoms with Gasteiger partial charge in [0.15, 0.2) is 11.6 Å². The van der Waals surface area contributed by atoms with Gasteiger partial charge in [-0.1, -0.05) is 6.07 Å². The molecule has 1 aromatic rings. The topological polar surface area (TPSA) is 41.5 Å². The quantitative estimate of drug-likeness (QED) is 0.803. The van der Waals surface area contributed by atoms with E-state index in [1.807, 2.05) is 0 Å². The van der Waals surface area contributed by atoms with Crippen molar-refractivity contribution >= 4 is 0 Å². The first-order valence-corrected chi connectivity index (χ1v) is 5.00. The van der Waals surface area contributed by atoms with Gasteiger partial charge in [-0.3, -0.25) is 0 Å². The lowest BCUT2D eigenvalue weighted by Gasteiger charge is -2.14. The van der Waals surface area contributed by atoms with E-state index in [0.717, 1.165) is 0 Å². The number of aliphatic hydroxyl groups excluding tert-OH is 1. The van der Waals surface area contributed by atoms with Crippen LogP contribution in [0.5, 0.6) is 5.75 Å². The number of methoxy groups -OCH3 is 1. The summed E-state index contributed by atoms with van der Waals surface area (Å²) < 4.78 is 43.3. The number of ether oxygens (including phenoxy) is 1. The van der Waals surface area contributed by atoms with Gasteiger partial charge in [0.1, 0.15) is 6.61 Å². The lowest BCUT2D eigenvalue weighted by atomic mass is 10.2. The smallest absolute Gasteiger partial charge is 0.282 e. The van der Waals surface area contributed by atoms with Crippen molar-refractivity contribution in [1.29, 1.82) is 0 Å². The van der Waals surface area contributed by atoms with Crippen molar-refractivity contribution in [3.8, 4) is 5.75 Å². The van der Waals surface area contributed by atoms with E-state index < -0.39 is 24.9 Å². The molecule has 17 heavy (non-hydrogen) atoms. The predicted molar refractivity (Wildman–Crippen MR) is 56.7 cm³/mol. The van der Waals surface area contributed by atoms with Gasteiger partial charge in [-0.25, -0.2) is 13.2 Å². The zero-order valence-electron chi connectivity index (χ0n) is 9.34. The van der Waals surface area contributed by atoms with Crippen LogP contribution >= 0.6 is 0 Å². The number of nitrogens with one attached hydrogen (secondary N) is 1. The maximum Gasteiger partial charge on any atom is 0.282 e. The molecule has 0 spiro atoms. The van der Waals surface area contributed by atoms with Crippen LogP contribution in [0.1, 0.15) is 5.56 Å². The van der Waals surface area contributed by atoms with Crippen molar-refractivity contribution in [3.63, 3.8) is 0 Å². The molecule has 2 N–H and O–H groups in total. The highest BCUT2D eigenvalue weighted by Crippen LogP contribution is 2.17. The Balaban J connectivity index is 2.50. The van der Waals surface area contributed by atoms with E-state index in [4.69, 9.17) is 9.84 Å². The Morgan fingerprint density at radius 2 is 2.12 bits per heavy atom. The molecule has 0 aliphatic carbocycles. The van der Waals surface area contributed by atoms with Crippen molar-refractivity contribution in [3.05, 3.63) is 29.6 Å². The number of halogens is 3. The monoisotopic (exact) mass is 249 g/mol. The van der Waals surface area contributed by atoms with E-state index in [-0.39, 0.29) is 12.3 Å². The lowest BCUT2D eigenvalue weighted by Crippen LogP contribution is -2.35. The molecule has 3 nitrogen and oxygen atoms in total. The molecule has 0 bridgehead atoms. The van der Waals surface area contributed by atoms with Crippen LogP contribution in [-0.2, 0) is 6.54 Å². The fraction of sp³-hybridized carbons (Fsp3) is 0.455. The Labute approximate surface area is 97.2 Å². The highest BCUT2D eigenvalue weighted by atomic mass is 19.3. The van der Waals surface area contributed by atoms with Gasteiger partial charge in [0, 0.05) is 6.54 Å². The third-order valence-electron chi connectivity index (χ3n) is 2.16. The number of hydrogen-bond acceptors (Lipinski definition) is 3. The van der Waals surface area contributed by atoms with E-state index in [0.29, 0.717) is 5.56 Å². The van der Waals surface area contributed by atoms with Gasteiger partial charge in [-0.05, 0) is 17.7 Å². The van der Waals surface area contributed by atoms with Crippen LogP contribution in [0.4, 0.5) is 13.2 Å². The van der Waals surface area contributed by atoms with Crippen LogP contribution in [0.2, 0.25) is 0 Å². The van der Waals surface area contributed by atoms with Gasteiger partial charge in [-0.2, -0.15) is 0 Å². The molecule has 6 heteroatoms. The van der Waals surface area contributed by atoms with Gasteiger partial charge in [-0.15, -0.1) is 0 Å². The summed E-state index contributed by atoms with van der Waals surface area (Å²) in [5, 5.41) is 10.8. The minimum atomic E-state index is -3.16. The summed E-state index contributed by atoms with van der Waals surface area (Å²) in [7, 11) is 1.35. The SMILES string of the molecule is COc1ccc(CNCC(F)(F)CO)cc1F. The van der Waals surface area contributed by atoms with Crippen molar-refractivity contribution in [2.45, 2.75) is 12.5 Å². The third kappa shape index (κ3) is 4.24. The van der Waals surface area contributed by atoms with Crippen molar-refractivity contribution in [1.82, 2.24) is 5.32 Å². The Morgan fingerprint density at radius 3 is 2.65 bits per heavy atom. The normalized spacial score (nSPS) is 11.6. The summed E-state index contributed by atoms with van der Waals surface area (Å²) in [6.45, 7) is -1.77. The van der Waals surface area contributed by atoms with Crippen LogP contribution in [-0.4, -0.2) is 31.3 Å². The predicted octanol–water partition coefficient (Wildman–Crippen LogP) is 1.55. The number of alkyl halides is 2. The molecule has 0 atom stereocenters. The van der Waals surface area contributed by atoms with Crippen LogP contribution in [0, 0.1) is 5.82 Å². The first kappa shape index (κ1) is 13.8. The average molecular weight is 249 g/mol. The van der Waals surface area contributed by atoms with Gasteiger partial charge in [0.2, 0.25) is 0 Å². The fourth-order valence-corrected chi connectivity index (χ4v) is 1.27. The van der Waals surface area contributed by atoms with Gasteiger partial charge in [0.05, 0.1) is 13.7 Å². The van der Waals surface area contributed by atoms with Crippen LogP contribution in [0.3, 0.4) is 0 Å². The van der Waals surface area contributed by atoms with Crippen LogP contribution in [0.25, 0.3) is 0 Å². The Kier molecular flexibility index (Phi) is 4.77. The summed E-state index contributed by atoms with van der Waals surface area (Å²) in [4.78, 5) is 0. The Hall–Kier alpha value is -1.27. The molecular weight excluding hydrogens is 235 g/mol. The van der Waals surface area contributed by atoms with E-state index in [1.54, 1.807) is 6.07 Å². The third-order valence-corrected chi connectivity index (χ3v) is 2.16. The standard InChI is InChI=1S/C11H14F3NO2/c1-17-10-3-2-8(4-9(10)12)5-15-6-11(13,14)7-16/h2-4,15-16H,5-7H2,1H3. The zero-order chi connectivity index (χ0) is 12.9. The number of aliphatic hydroxyl groups is 1. The molecule has 0 aliphatic heterocycles. The summed E-state index contributed by atoms with van der Waals surface area (Å²) in [5.74, 6) is -3.60. The second kappa shape index (κ2) is 5.88. The first-order valence-electron chi connectivity index (χ1n) is 5.00. The molecule has 1 rings (SSSR count). The van der Waals surface area contributed by atoms with E-state index >= 15 is 0 Å². The van der Waals surface area contributed by atoms with Gasteiger partial charge in [0.25, 0.3) is 5.92 Å². The first-order chi connectivity index (χ1) is 7.98. The fourth-order valence-electron chi connectivity index (χ4n) is 1.27. The van der Waals surface area contributed by atoms with E-state index in [2.05, 4.69) is 5.32 Å². The molecule has 0 amide bonds. The maximum absolute atomic E-state index is 13.2. The van der Waals surface area contributed by atoms with Crippen LogP contribution in [0.15, 0.2) is 18.2 Å². The molecule has 0 heterocycles. The second-order valence-electron chi connectivity index (χ2n) is 3.59. The molecule has 0 aromatic heterocycles. The summed E-state index contributed by atoms with van der Waals surface area (Å²) in [6, 6.07) is 4.21. The van der Waals surface area contributed by atoms with Crippen molar-refractivity contribution < 1.29 is 23.0 Å². The minimum Gasteiger partial charge on any atom is -0.494 e. The minimum absolute atomic E-state index is 0.0938. The summed E-state index contributed by atoms with van der Waals surface area (Å²) in [6.07, 6.45) is 0. The highest BCUT2D eigenvalue weighted by Gasteiger charge is 2.26. The Morgan fingerprint density at radius 1 is 1.41 bits per heavy atom. The van der Waals surface area contributed by atoms with Gasteiger partial charge < -0.3 is 15.2 Å². The lowest BCUT2D eigenvalue weighted by molar-refractivity contribution is -0.0477. The molecule has 0 radical (unpaired) electrons. The number of benzene rings is 1. The summed E-state index contributed by atoms with van der Waals surface area (Å²) in [5.41, 5.74) is 0.525. The van der Waals surface area contributed by atoms with Crippen LogP contribution < -0.4 is 10.1 Å². The summed E-state index contributed by atoms with van der Waals surface area (Å²) >= 11 is 0. The zero-order valence-corrected chi connectivity index (χ0v) is 9.34. The van der Waals surface area contributed by atoms with E-state index in [9.17, 15) is 13.2 Å². The van der Waals surface area contributed by atoms with Crippen molar-refractivity contribution in [2.24, 2.45) is 0 Å². The number of hydrogen-bond donors (Lipinski definition) is 2. The molecule has 0 saturated carbocycles. The maximum atomic E-state index is 13.2. The van der Waals surface area contributed by atoms with Crippen molar-refractivity contribution in [2.75, 3.05) is 20.3 Å². The molecule has 1 aromatic carbocycles. The van der Waals surface area contributed by atoms with Gasteiger partial charge >= 0.3 is 0 Å². The largest absolute Gasteiger partial charge is 0.494 e. The molecule has 96 valence electrons. The number of rotatable bonds is 6. The highest BCUT2D eigenvalue weighted by molar-refractivity contribution is 5.29. The second-order valence-corrected chi connectivity index (χ2v) is 3.59. The Bertz CT molecular complexity index is 372. The molecule has 0 saturated heterocycles. The average Bonchev–Trinajstić information content (AvgIpc) is 2.29. The molecule has 0 aliphatic rings. The molecular formula is C11H14F3NO2.